The van der Waals surface area contributed by atoms with Crippen molar-refractivity contribution >= 4 is 21.9 Å². The summed E-state index contributed by atoms with van der Waals surface area (Å²) >= 11 is 0. The van der Waals surface area contributed by atoms with Crippen LogP contribution in [0.4, 0.5) is 0 Å². The molecule has 0 aromatic heterocycles. The van der Waals surface area contributed by atoms with Crippen molar-refractivity contribution in [2.45, 2.75) is 30.3 Å². The number of carboxylic acid groups (broad SMARTS) is 1. The van der Waals surface area contributed by atoms with Crippen LogP contribution in [0.2, 0.25) is 0 Å². The van der Waals surface area contributed by atoms with Crippen molar-refractivity contribution in [2.24, 2.45) is 0 Å². The van der Waals surface area contributed by atoms with Gasteiger partial charge in [-0.2, -0.15) is 4.31 Å². The predicted octanol–water partition coefficient (Wildman–Crippen LogP) is 1.85. The molecule has 0 radical (unpaired) electrons. The van der Waals surface area contributed by atoms with Crippen molar-refractivity contribution in [3.63, 3.8) is 0 Å². The third kappa shape index (κ3) is 4.17. The van der Waals surface area contributed by atoms with Gasteiger partial charge in [-0.15, -0.1) is 0 Å². The molecule has 3 rings (SSSR count). The molecule has 1 aliphatic rings. The molecule has 2 aromatic rings. The van der Waals surface area contributed by atoms with E-state index < -0.39 is 22.0 Å². The van der Waals surface area contributed by atoms with Crippen LogP contribution < -0.4 is 5.32 Å². The van der Waals surface area contributed by atoms with E-state index in [1.165, 1.54) is 28.6 Å². The Balaban J connectivity index is 1.71. The first-order valence-corrected chi connectivity index (χ1v) is 10.0. The van der Waals surface area contributed by atoms with Crippen LogP contribution in [0.3, 0.4) is 0 Å². The largest absolute Gasteiger partial charge is 0.478 e. The van der Waals surface area contributed by atoms with Crippen LogP contribution in [-0.4, -0.2) is 42.3 Å². The summed E-state index contributed by atoms with van der Waals surface area (Å²) in [5, 5.41) is 11.8. The molecule has 2 aromatic carbocycles. The summed E-state index contributed by atoms with van der Waals surface area (Å²) in [5.41, 5.74) is 0.773. The lowest BCUT2D eigenvalue weighted by Gasteiger charge is -2.23. The first-order valence-electron chi connectivity index (χ1n) is 8.56. The van der Waals surface area contributed by atoms with Gasteiger partial charge in [0, 0.05) is 13.1 Å². The number of carbonyl (C=O) groups is 2. The normalized spacial score (nSPS) is 17.6. The number of carbonyl (C=O) groups excluding carboxylic acids is 1. The first-order chi connectivity index (χ1) is 12.9. The summed E-state index contributed by atoms with van der Waals surface area (Å²) in [6, 6.07) is 13.6. The van der Waals surface area contributed by atoms with Crippen molar-refractivity contribution in [1.82, 2.24) is 9.62 Å². The summed E-state index contributed by atoms with van der Waals surface area (Å²) in [6.07, 6.45) is 1.06. The zero-order valence-electron chi connectivity index (χ0n) is 14.5. The van der Waals surface area contributed by atoms with Gasteiger partial charge < -0.3 is 10.4 Å². The molecule has 7 nitrogen and oxygen atoms in total. The Bertz CT molecular complexity index is 944. The molecule has 1 saturated heterocycles. The Morgan fingerprint density at radius 1 is 1.11 bits per heavy atom. The average Bonchev–Trinajstić information content (AvgIpc) is 3.18. The monoisotopic (exact) mass is 388 g/mol. The van der Waals surface area contributed by atoms with Gasteiger partial charge in [0.15, 0.2) is 0 Å². The molecule has 0 saturated carbocycles. The van der Waals surface area contributed by atoms with Crippen LogP contribution in [0.1, 0.15) is 28.8 Å². The molecule has 27 heavy (non-hydrogen) atoms. The molecular formula is C19H20N2O5S. The number of aromatic carboxylic acids is 1. The van der Waals surface area contributed by atoms with Gasteiger partial charge in [-0.1, -0.05) is 30.3 Å². The van der Waals surface area contributed by atoms with Crippen LogP contribution in [0.25, 0.3) is 0 Å². The van der Waals surface area contributed by atoms with Crippen molar-refractivity contribution in [3.05, 3.63) is 65.7 Å². The number of benzene rings is 2. The highest BCUT2D eigenvalue weighted by molar-refractivity contribution is 7.89. The average molecular weight is 388 g/mol. The molecular weight excluding hydrogens is 368 g/mol. The molecule has 8 heteroatoms. The number of sulfonamides is 1. The minimum atomic E-state index is -3.74. The van der Waals surface area contributed by atoms with E-state index >= 15 is 0 Å². The Labute approximate surface area is 157 Å². The standard InChI is InChI=1S/C19H20N2O5S/c22-18(20-13-14-6-4-7-15(12-14)19(23)24)17-10-5-11-21(17)27(25,26)16-8-2-1-3-9-16/h1-4,6-9,12,17H,5,10-11,13H2,(H,20,22)(H,23,24)/t17-/m1/s1. The van der Waals surface area contributed by atoms with Crippen LogP contribution in [0.15, 0.2) is 59.5 Å². The highest BCUT2D eigenvalue weighted by Gasteiger charge is 2.39. The fourth-order valence-electron chi connectivity index (χ4n) is 3.14. The number of carboxylic acids is 1. The van der Waals surface area contributed by atoms with E-state index in [-0.39, 0.29) is 22.9 Å². The second kappa shape index (κ2) is 7.89. The highest BCUT2D eigenvalue weighted by atomic mass is 32.2. The lowest BCUT2D eigenvalue weighted by atomic mass is 10.1. The maximum Gasteiger partial charge on any atom is 0.335 e. The summed E-state index contributed by atoms with van der Waals surface area (Å²) in [6.45, 7) is 0.430. The van der Waals surface area contributed by atoms with Crippen molar-refractivity contribution in [1.29, 1.82) is 0 Å². The zero-order chi connectivity index (χ0) is 19.4. The van der Waals surface area contributed by atoms with Crippen molar-refractivity contribution in [2.75, 3.05) is 6.54 Å². The fourth-order valence-corrected chi connectivity index (χ4v) is 4.82. The molecule has 1 amide bonds. The van der Waals surface area contributed by atoms with Crippen molar-refractivity contribution < 1.29 is 23.1 Å². The first kappa shape index (κ1) is 19.1. The van der Waals surface area contributed by atoms with Gasteiger partial charge in [0.2, 0.25) is 15.9 Å². The highest BCUT2D eigenvalue weighted by Crippen LogP contribution is 2.26. The maximum absolute atomic E-state index is 12.8. The molecule has 142 valence electrons. The minimum Gasteiger partial charge on any atom is -0.478 e. The van der Waals surface area contributed by atoms with Gasteiger partial charge in [0.25, 0.3) is 0 Å². The molecule has 1 atom stereocenters. The van der Waals surface area contributed by atoms with E-state index in [2.05, 4.69) is 5.32 Å². The number of rotatable bonds is 6. The number of nitrogens with zero attached hydrogens (tertiary/aromatic N) is 1. The number of hydrogen-bond donors (Lipinski definition) is 2. The molecule has 1 heterocycles. The summed E-state index contributed by atoms with van der Waals surface area (Å²) in [4.78, 5) is 23.8. The summed E-state index contributed by atoms with van der Waals surface area (Å²) < 4.78 is 26.9. The Morgan fingerprint density at radius 2 is 1.85 bits per heavy atom. The van der Waals surface area contributed by atoms with E-state index in [0.717, 1.165) is 0 Å². The van der Waals surface area contributed by atoms with E-state index in [0.29, 0.717) is 24.9 Å². The number of hydrogen-bond acceptors (Lipinski definition) is 4. The molecule has 0 unspecified atom stereocenters. The summed E-state index contributed by atoms with van der Waals surface area (Å²) in [7, 11) is -3.74. The van der Waals surface area contributed by atoms with Gasteiger partial charge >= 0.3 is 5.97 Å². The minimum absolute atomic E-state index is 0.135. The second-order valence-corrected chi connectivity index (χ2v) is 8.20. The zero-order valence-corrected chi connectivity index (χ0v) is 15.4. The molecule has 0 bridgehead atoms. The summed E-state index contributed by atoms with van der Waals surface area (Å²) in [5.74, 6) is -1.42. The van der Waals surface area contributed by atoms with Crippen LogP contribution >= 0.6 is 0 Å². The Morgan fingerprint density at radius 3 is 2.56 bits per heavy atom. The lowest BCUT2D eigenvalue weighted by molar-refractivity contribution is -0.124. The Kier molecular flexibility index (Phi) is 5.57. The van der Waals surface area contributed by atoms with Crippen molar-refractivity contribution in [3.8, 4) is 0 Å². The van der Waals surface area contributed by atoms with Crippen LogP contribution in [-0.2, 0) is 21.4 Å². The van der Waals surface area contributed by atoms with E-state index in [9.17, 15) is 18.0 Å². The Hall–Kier alpha value is -2.71. The smallest absolute Gasteiger partial charge is 0.335 e. The van der Waals surface area contributed by atoms with E-state index in [4.69, 9.17) is 5.11 Å². The van der Waals surface area contributed by atoms with Crippen LogP contribution in [0, 0.1) is 0 Å². The molecule has 1 aliphatic heterocycles. The second-order valence-electron chi connectivity index (χ2n) is 6.31. The quantitative estimate of drug-likeness (QED) is 0.786. The lowest BCUT2D eigenvalue weighted by Crippen LogP contribution is -2.45. The van der Waals surface area contributed by atoms with Gasteiger partial charge in [-0.25, -0.2) is 13.2 Å². The predicted molar refractivity (Wildman–Crippen MR) is 98.6 cm³/mol. The third-order valence-corrected chi connectivity index (χ3v) is 6.42. The SMILES string of the molecule is O=C(O)c1cccc(CNC(=O)[C@H]2CCCN2S(=O)(=O)c2ccccc2)c1. The molecule has 1 fully saturated rings. The number of nitrogens with one attached hydrogen (secondary N) is 1. The molecule has 0 aliphatic carbocycles. The van der Waals surface area contributed by atoms with Crippen LogP contribution in [0.5, 0.6) is 0 Å². The molecule has 0 spiro atoms. The van der Waals surface area contributed by atoms with Gasteiger partial charge in [-0.3, -0.25) is 4.79 Å². The number of amides is 1. The molecule has 2 N–H and O–H groups in total. The van der Waals surface area contributed by atoms with E-state index in [1.807, 2.05) is 0 Å². The van der Waals surface area contributed by atoms with Gasteiger partial charge in [0.05, 0.1) is 10.5 Å². The maximum atomic E-state index is 12.8. The van der Waals surface area contributed by atoms with Gasteiger partial charge in [-0.05, 0) is 42.7 Å². The third-order valence-electron chi connectivity index (χ3n) is 4.50. The van der Waals surface area contributed by atoms with E-state index in [1.54, 1.807) is 30.3 Å². The fraction of sp³-hybridized carbons (Fsp3) is 0.263. The topological polar surface area (TPSA) is 104 Å². The van der Waals surface area contributed by atoms with Gasteiger partial charge in [0.1, 0.15) is 6.04 Å².